The molecule has 0 aliphatic heterocycles. The normalized spacial score (nSPS) is 12.4. The minimum Gasteiger partial charge on any atom is -0.491 e. The number of carboxylic acid groups (broad SMARTS) is 1. The second-order valence-electron chi connectivity index (χ2n) is 10.7. The van der Waals surface area contributed by atoms with Crippen LogP contribution in [-0.2, 0) is 11.2 Å². The number of carbonyl (C=O) groups is 1. The minimum absolute atomic E-state index is 0.0280. The predicted octanol–water partition coefficient (Wildman–Crippen LogP) is 4.99. The number of hydrogen-bond acceptors (Lipinski definition) is 11. The molecule has 2 aromatic carbocycles. The van der Waals surface area contributed by atoms with Crippen molar-refractivity contribution < 1.29 is 28.9 Å². The van der Waals surface area contributed by atoms with Gasteiger partial charge in [0.05, 0.1) is 36.1 Å². The summed E-state index contributed by atoms with van der Waals surface area (Å²) in [4.78, 5) is 27.4. The van der Waals surface area contributed by atoms with Gasteiger partial charge in [-0.05, 0) is 75.2 Å². The van der Waals surface area contributed by atoms with Gasteiger partial charge >= 0.3 is 5.97 Å². The SMILES string of the molecule is CNCC#Cc1ccc(OCCCc2sc(N(CCC(O)COC)C(=N)/C=C(/C)C(N)=Nc3nc4ccccc4s3)nc2C(=O)O)c(F)c1. The third-order valence-corrected chi connectivity index (χ3v) is 9.02. The average molecular weight is 708 g/mol. The summed E-state index contributed by atoms with van der Waals surface area (Å²) in [6.07, 6.45) is 1.58. The summed E-state index contributed by atoms with van der Waals surface area (Å²) in [5, 5.41) is 32.8. The molecule has 0 saturated carbocycles. The molecule has 0 bridgehead atoms. The summed E-state index contributed by atoms with van der Waals surface area (Å²) in [7, 11) is 3.25. The van der Waals surface area contributed by atoms with E-state index in [2.05, 4.69) is 32.1 Å². The van der Waals surface area contributed by atoms with Crippen LogP contribution < -0.4 is 20.7 Å². The molecule has 2 aromatic heterocycles. The fourth-order valence-corrected chi connectivity index (χ4v) is 6.45. The second kappa shape index (κ2) is 18.2. The van der Waals surface area contributed by atoms with Gasteiger partial charge < -0.3 is 35.6 Å². The van der Waals surface area contributed by atoms with Crippen LogP contribution in [0.2, 0.25) is 0 Å². The summed E-state index contributed by atoms with van der Waals surface area (Å²) in [6.45, 7) is 2.56. The smallest absolute Gasteiger partial charge is 0.355 e. The summed E-state index contributed by atoms with van der Waals surface area (Å²) in [5.41, 5.74) is 7.96. The number of fused-ring (bicyclic) bond motifs is 1. The zero-order valence-corrected chi connectivity index (χ0v) is 29.0. The number of anilines is 1. The van der Waals surface area contributed by atoms with Gasteiger partial charge in [-0.1, -0.05) is 35.3 Å². The molecule has 0 radical (unpaired) electrons. The van der Waals surface area contributed by atoms with Crippen molar-refractivity contribution in [2.45, 2.75) is 32.3 Å². The van der Waals surface area contributed by atoms with E-state index in [4.69, 9.17) is 20.6 Å². The third-order valence-electron chi connectivity index (χ3n) is 6.95. The number of aliphatic hydroxyl groups is 1. The highest BCUT2D eigenvalue weighted by atomic mass is 32.1. The summed E-state index contributed by atoms with van der Waals surface area (Å²) < 4.78 is 26.2. The zero-order chi connectivity index (χ0) is 35.3. The van der Waals surface area contributed by atoms with Crippen LogP contribution in [0.5, 0.6) is 5.75 Å². The molecule has 4 rings (SSSR count). The first kappa shape index (κ1) is 37.1. The van der Waals surface area contributed by atoms with Crippen LogP contribution in [-0.4, -0.2) is 84.4 Å². The first-order valence-electron chi connectivity index (χ1n) is 15.3. The zero-order valence-electron chi connectivity index (χ0n) is 27.3. The first-order chi connectivity index (χ1) is 23.6. The molecular formula is C34H38FN7O5S2. The molecule has 2 heterocycles. The Morgan fingerprint density at radius 1 is 1.27 bits per heavy atom. The molecule has 0 aliphatic carbocycles. The number of methoxy groups -OCH3 is 1. The number of aromatic nitrogens is 2. The number of para-hydroxylation sites is 1. The Morgan fingerprint density at radius 2 is 2.06 bits per heavy atom. The molecular weight excluding hydrogens is 670 g/mol. The van der Waals surface area contributed by atoms with Crippen molar-refractivity contribution in [2.24, 2.45) is 10.7 Å². The number of ether oxygens (including phenoxy) is 2. The topological polar surface area (TPSA) is 179 Å². The van der Waals surface area contributed by atoms with E-state index in [1.165, 1.54) is 41.6 Å². The highest BCUT2D eigenvalue weighted by Crippen LogP contribution is 2.30. The van der Waals surface area contributed by atoms with Gasteiger partial charge in [0.1, 0.15) is 11.7 Å². The largest absolute Gasteiger partial charge is 0.491 e. The van der Waals surface area contributed by atoms with Crippen LogP contribution in [0.4, 0.5) is 14.7 Å². The van der Waals surface area contributed by atoms with E-state index in [0.717, 1.165) is 21.6 Å². The fourth-order valence-electron chi connectivity index (χ4n) is 4.47. The lowest BCUT2D eigenvalue weighted by molar-refractivity contribution is 0.0609. The van der Waals surface area contributed by atoms with Crippen LogP contribution in [0.1, 0.15) is 40.7 Å². The maximum Gasteiger partial charge on any atom is 0.355 e. The number of hydrogen-bond donors (Lipinski definition) is 5. The molecule has 258 valence electrons. The first-order valence-corrected chi connectivity index (χ1v) is 16.9. The Morgan fingerprint density at radius 3 is 2.78 bits per heavy atom. The number of halogens is 1. The summed E-state index contributed by atoms with van der Waals surface area (Å²) >= 11 is 2.51. The quantitative estimate of drug-likeness (QED) is 0.0461. The summed E-state index contributed by atoms with van der Waals surface area (Å²) in [6, 6.07) is 12.1. The standard InChI is InChI=1S/C34H38FN7O5S2/c1-21(31(37)41-33-39-25-9-4-5-10-27(25)48-33)18-29(36)42(16-14-23(43)20-46-3)34-40-30(32(44)45)28(49-34)11-7-17-47-26-13-12-22(19-24(26)35)8-6-15-38-2/h4-5,9-10,12-13,18-19,23,36,38,43H,7,11,14-17,20H2,1-3H3,(H,44,45)(H2,37,39,41)/b21-18-,36-29?. The van der Waals surface area contributed by atoms with Crippen molar-refractivity contribution in [3.63, 3.8) is 0 Å². The van der Waals surface area contributed by atoms with Gasteiger partial charge in [0.2, 0.25) is 5.13 Å². The van der Waals surface area contributed by atoms with E-state index in [9.17, 15) is 19.4 Å². The molecule has 4 aromatic rings. The number of aromatic carboxylic acids is 1. The van der Waals surface area contributed by atoms with Crippen LogP contribution in [0.15, 0.2) is 59.1 Å². The Labute approximate surface area is 291 Å². The molecule has 12 nitrogen and oxygen atoms in total. The third kappa shape index (κ3) is 10.6. The average Bonchev–Trinajstić information content (AvgIpc) is 3.68. The van der Waals surface area contributed by atoms with E-state index in [-0.39, 0.29) is 54.4 Å². The van der Waals surface area contributed by atoms with Gasteiger partial charge in [-0.2, -0.15) is 0 Å². The minimum atomic E-state index is -1.22. The molecule has 0 aliphatic rings. The van der Waals surface area contributed by atoms with E-state index in [1.54, 1.807) is 20.0 Å². The number of amidine groups is 2. The number of nitrogens with two attached hydrogens (primary N) is 1. The van der Waals surface area contributed by atoms with Crippen molar-refractivity contribution in [2.75, 3.05) is 45.4 Å². The number of rotatable bonds is 16. The van der Waals surface area contributed by atoms with Crippen molar-refractivity contribution in [1.82, 2.24) is 15.3 Å². The molecule has 1 unspecified atom stereocenters. The Balaban J connectivity index is 1.50. The van der Waals surface area contributed by atoms with Crippen molar-refractivity contribution in [1.29, 1.82) is 5.41 Å². The molecule has 15 heteroatoms. The molecule has 49 heavy (non-hydrogen) atoms. The molecule has 0 saturated heterocycles. The number of aliphatic hydroxyl groups excluding tert-OH is 1. The van der Waals surface area contributed by atoms with Gasteiger partial charge in [-0.15, -0.1) is 11.3 Å². The maximum atomic E-state index is 14.6. The van der Waals surface area contributed by atoms with E-state index in [1.807, 2.05) is 24.3 Å². The molecule has 0 amide bonds. The number of carboxylic acids is 1. The lowest BCUT2D eigenvalue weighted by atomic mass is 10.2. The van der Waals surface area contributed by atoms with Gasteiger partial charge in [-0.3, -0.25) is 5.41 Å². The van der Waals surface area contributed by atoms with Crippen LogP contribution in [0, 0.1) is 23.1 Å². The lowest BCUT2D eigenvalue weighted by Gasteiger charge is -2.22. The van der Waals surface area contributed by atoms with E-state index in [0.29, 0.717) is 40.5 Å². The highest BCUT2D eigenvalue weighted by molar-refractivity contribution is 7.22. The van der Waals surface area contributed by atoms with Gasteiger partial charge in [0, 0.05) is 24.1 Å². The van der Waals surface area contributed by atoms with Crippen LogP contribution >= 0.6 is 22.7 Å². The second-order valence-corrected chi connectivity index (χ2v) is 12.8. The maximum absolute atomic E-state index is 14.6. The Bertz CT molecular complexity index is 1860. The van der Waals surface area contributed by atoms with Crippen molar-refractivity contribution in [3.8, 4) is 17.6 Å². The number of thiazole rings is 2. The monoisotopic (exact) mass is 707 g/mol. The van der Waals surface area contributed by atoms with Crippen molar-refractivity contribution >= 4 is 60.8 Å². The number of benzene rings is 2. The Kier molecular flexibility index (Phi) is 13.7. The van der Waals surface area contributed by atoms with E-state index >= 15 is 0 Å². The van der Waals surface area contributed by atoms with Gasteiger partial charge in [0.25, 0.3) is 0 Å². The molecule has 0 spiro atoms. The molecule has 0 fully saturated rings. The number of nitrogens with zero attached hydrogens (tertiary/aromatic N) is 4. The van der Waals surface area contributed by atoms with Crippen molar-refractivity contribution in [3.05, 3.63) is 76.1 Å². The number of aryl methyl sites for hydroxylation is 1. The number of nitrogens with one attached hydrogen (secondary N) is 2. The molecule has 6 N–H and O–H groups in total. The van der Waals surface area contributed by atoms with Crippen LogP contribution in [0.25, 0.3) is 10.2 Å². The Hall–Kier alpha value is -4.72. The predicted molar refractivity (Wildman–Crippen MR) is 192 cm³/mol. The highest BCUT2D eigenvalue weighted by Gasteiger charge is 2.23. The fraction of sp³-hybridized carbons (Fsp3) is 0.324. The number of aliphatic imine (C=N–C) groups is 1. The van der Waals surface area contributed by atoms with E-state index < -0.39 is 17.9 Å². The van der Waals surface area contributed by atoms with Crippen LogP contribution in [0.3, 0.4) is 0 Å². The van der Waals surface area contributed by atoms with Gasteiger partial charge in [-0.25, -0.2) is 24.1 Å². The lowest BCUT2D eigenvalue weighted by Crippen LogP contribution is -2.33. The summed E-state index contributed by atoms with van der Waals surface area (Å²) in [5.74, 6) is 4.19. The molecule has 1 atom stereocenters. The van der Waals surface area contributed by atoms with Gasteiger partial charge in [0.15, 0.2) is 22.4 Å².